The van der Waals surface area contributed by atoms with Crippen molar-refractivity contribution in [1.29, 1.82) is 0 Å². The van der Waals surface area contributed by atoms with Gasteiger partial charge in [-0.25, -0.2) is 8.78 Å². The topological polar surface area (TPSA) is 37.3 Å². The Labute approximate surface area is 104 Å². The lowest BCUT2D eigenvalue weighted by Gasteiger charge is -2.05. The maximum Gasteiger partial charge on any atom is 0.290 e. The Bertz CT molecular complexity index is 502. The average Bonchev–Trinajstić information content (AvgIpc) is 2.32. The van der Waals surface area contributed by atoms with Crippen molar-refractivity contribution in [3.8, 4) is 11.1 Å². The number of hydrogen-bond donors (Lipinski definition) is 1. The molecule has 94 valence electrons. The van der Waals surface area contributed by atoms with E-state index in [0.717, 1.165) is 5.56 Å². The van der Waals surface area contributed by atoms with E-state index < -0.39 is 11.6 Å². The Morgan fingerprint density at radius 1 is 1.00 bits per heavy atom. The van der Waals surface area contributed by atoms with Gasteiger partial charge in [0.2, 0.25) is 0 Å². The quantitative estimate of drug-likeness (QED) is 0.784. The molecule has 0 radical (unpaired) electrons. The molecule has 0 aliphatic carbocycles. The zero-order chi connectivity index (χ0) is 13.5. The number of aryl methyl sites for hydroxylation is 1. The van der Waals surface area contributed by atoms with E-state index in [2.05, 4.69) is 0 Å². The zero-order valence-corrected chi connectivity index (χ0v) is 9.73. The molecule has 2 aromatic rings. The minimum Gasteiger partial charge on any atom is -0.483 e. The highest BCUT2D eigenvalue weighted by Gasteiger charge is 2.09. The van der Waals surface area contributed by atoms with E-state index in [-0.39, 0.29) is 12.0 Å². The van der Waals surface area contributed by atoms with Crippen molar-refractivity contribution in [2.45, 2.75) is 6.92 Å². The molecule has 0 aromatic heterocycles. The van der Waals surface area contributed by atoms with Crippen molar-refractivity contribution < 1.29 is 18.7 Å². The molecule has 1 N–H and O–H groups in total. The van der Waals surface area contributed by atoms with Crippen molar-refractivity contribution in [1.82, 2.24) is 0 Å². The Balaban J connectivity index is 0.000000492. The molecule has 0 heterocycles. The molecule has 0 saturated carbocycles. The van der Waals surface area contributed by atoms with E-state index in [4.69, 9.17) is 9.90 Å². The van der Waals surface area contributed by atoms with Crippen LogP contribution in [0.5, 0.6) is 0 Å². The Morgan fingerprint density at radius 2 is 1.44 bits per heavy atom. The fourth-order valence-corrected chi connectivity index (χ4v) is 1.49. The van der Waals surface area contributed by atoms with Gasteiger partial charge in [-0.3, -0.25) is 4.79 Å². The van der Waals surface area contributed by atoms with Gasteiger partial charge in [0.05, 0.1) is 5.56 Å². The molecule has 18 heavy (non-hydrogen) atoms. The van der Waals surface area contributed by atoms with E-state index >= 15 is 0 Å². The van der Waals surface area contributed by atoms with Gasteiger partial charge < -0.3 is 5.11 Å². The summed E-state index contributed by atoms with van der Waals surface area (Å²) in [6.45, 7) is 1.68. The molecule has 4 heteroatoms. The predicted octanol–water partition coefficient (Wildman–Crippen LogP) is 3.64. The van der Waals surface area contributed by atoms with Crippen LogP contribution in [0.1, 0.15) is 5.56 Å². The first-order chi connectivity index (χ1) is 8.60. The van der Waals surface area contributed by atoms with Gasteiger partial charge in [0.15, 0.2) is 0 Å². The SMILES string of the molecule is Cc1ccc(-c2c(F)cccc2F)cc1.O=CO. The lowest BCUT2D eigenvalue weighted by molar-refractivity contribution is -0.122. The Morgan fingerprint density at radius 3 is 1.89 bits per heavy atom. The second-order valence-electron chi connectivity index (χ2n) is 3.57. The molecular weight excluding hydrogens is 238 g/mol. The zero-order valence-electron chi connectivity index (χ0n) is 9.73. The first-order valence-electron chi connectivity index (χ1n) is 5.19. The van der Waals surface area contributed by atoms with Crippen LogP contribution in [-0.4, -0.2) is 11.6 Å². The van der Waals surface area contributed by atoms with Gasteiger partial charge in [0.25, 0.3) is 6.47 Å². The summed E-state index contributed by atoms with van der Waals surface area (Å²) >= 11 is 0. The molecule has 0 aliphatic rings. The molecule has 0 fully saturated rings. The first-order valence-corrected chi connectivity index (χ1v) is 5.19. The van der Waals surface area contributed by atoms with Crippen LogP contribution >= 0.6 is 0 Å². The summed E-state index contributed by atoms with van der Waals surface area (Å²) in [4.78, 5) is 8.36. The smallest absolute Gasteiger partial charge is 0.290 e. The summed E-state index contributed by atoms with van der Waals surface area (Å²) < 4.78 is 26.8. The first kappa shape index (κ1) is 13.8. The summed E-state index contributed by atoms with van der Waals surface area (Å²) in [5.41, 5.74) is 1.67. The Kier molecular flexibility index (Phi) is 4.99. The van der Waals surface area contributed by atoms with Crippen LogP contribution in [0.4, 0.5) is 8.78 Å². The van der Waals surface area contributed by atoms with Gasteiger partial charge in [-0.1, -0.05) is 35.9 Å². The van der Waals surface area contributed by atoms with Crippen molar-refractivity contribution in [2.24, 2.45) is 0 Å². The van der Waals surface area contributed by atoms with Crippen molar-refractivity contribution in [2.75, 3.05) is 0 Å². The van der Waals surface area contributed by atoms with Gasteiger partial charge in [-0.2, -0.15) is 0 Å². The minimum absolute atomic E-state index is 0.0394. The molecule has 0 atom stereocenters. The maximum absolute atomic E-state index is 13.4. The summed E-state index contributed by atoms with van der Waals surface area (Å²) in [6.07, 6.45) is 0. The van der Waals surface area contributed by atoms with Crippen molar-refractivity contribution >= 4 is 6.47 Å². The van der Waals surface area contributed by atoms with Gasteiger partial charge in [0, 0.05) is 0 Å². The van der Waals surface area contributed by atoms with Crippen molar-refractivity contribution in [3.05, 3.63) is 59.7 Å². The van der Waals surface area contributed by atoms with Crippen LogP contribution in [0, 0.1) is 18.6 Å². The van der Waals surface area contributed by atoms with Crippen molar-refractivity contribution in [3.63, 3.8) is 0 Å². The van der Waals surface area contributed by atoms with Crippen LogP contribution in [0.15, 0.2) is 42.5 Å². The van der Waals surface area contributed by atoms with E-state index in [1.54, 1.807) is 12.1 Å². The summed E-state index contributed by atoms with van der Waals surface area (Å²) in [6, 6.07) is 11.0. The number of rotatable bonds is 1. The molecule has 0 aliphatic heterocycles. The molecule has 0 bridgehead atoms. The van der Waals surface area contributed by atoms with E-state index in [1.807, 2.05) is 19.1 Å². The standard InChI is InChI=1S/C13H10F2.CH2O2/c1-9-5-7-10(8-6-9)13-11(14)3-2-4-12(13)15;2-1-3/h2-8H,1H3;1H,(H,2,3). The average molecular weight is 250 g/mol. The highest BCUT2D eigenvalue weighted by atomic mass is 19.1. The van der Waals surface area contributed by atoms with E-state index in [1.165, 1.54) is 18.2 Å². The lowest BCUT2D eigenvalue weighted by atomic mass is 10.0. The highest BCUT2D eigenvalue weighted by Crippen LogP contribution is 2.25. The van der Waals surface area contributed by atoms with Gasteiger partial charge in [0.1, 0.15) is 11.6 Å². The fourth-order valence-electron chi connectivity index (χ4n) is 1.49. The van der Waals surface area contributed by atoms with Crippen LogP contribution in [0.25, 0.3) is 11.1 Å². The van der Waals surface area contributed by atoms with Crippen LogP contribution in [0.3, 0.4) is 0 Å². The number of benzene rings is 2. The van der Waals surface area contributed by atoms with E-state index in [0.29, 0.717) is 5.56 Å². The maximum atomic E-state index is 13.4. The van der Waals surface area contributed by atoms with Gasteiger partial charge >= 0.3 is 0 Å². The number of carboxylic acid groups (broad SMARTS) is 1. The molecule has 0 saturated heterocycles. The lowest BCUT2D eigenvalue weighted by Crippen LogP contribution is -1.89. The highest BCUT2D eigenvalue weighted by molar-refractivity contribution is 5.65. The minimum atomic E-state index is -0.529. The van der Waals surface area contributed by atoms with Gasteiger partial charge in [-0.05, 0) is 24.6 Å². The monoisotopic (exact) mass is 250 g/mol. The summed E-state index contributed by atoms with van der Waals surface area (Å²) in [5.74, 6) is -1.06. The molecule has 0 unspecified atom stereocenters. The molecular formula is C14H12F2O2. The largest absolute Gasteiger partial charge is 0.483 e. The molecule has 2 nitrogen and oxygen atoms in total. The number of carbonyl (C=O) groups is 1. The summed E-state index contributed by atoms with van der Waals surface area (Å²) in [7, 11) is 0. The third-order valence-corrected chi connectivity index (χ3v) is 2.30. The molecule has 0 spiro atoms. The third-order valence-electron chi connectivity index (χ3n) is 2.30. The summed E-state index contributed by atoms with van der Waals surface area (Å²) in [5, 5.41) is 6.89. The molecule has 0 amide bonds. The van der Waals surface area contributed by atoms with Gasteiger partial charge in [-0.15, -0.1) is 0 Å². The van der Waals surface area contributed by atoms with Crippen LogP contribution in [-0.2, 0) is 4.79 Å². The predicted molar refractivity (Wildman–Crippen MR) is 65.2 cm³/mol. The van der Waals surface area contributed by atoms with E-state index in [9.17, 15) is 8.78 Å². The molecule has 2 aromatic carbocycles. The number of hydrogen-bond acceptors (Lipinski definition) is 1. The van der Waals surface area contributed by atoms with Crippen LogP contribution < -0.4 is 0 Å². The number of halogens is 2. The Hall–Kier alpha value is -2.23. The second-order valence-corrected chi connectivity index (χ2v) is 3.57. The van der Waals surface area contributed by atoms with Crippen LogP contribution in [0.2, 0.25) is 0 Å². The normalized spacial score (nSPS) is 9.28. The fraction of sp³-hybridized carbons (Fsp3) is 0.0714. The molecule has 2 rings (SSSR count). The second kappa shape index (κ2) is 6.49. The third kappa shape index (κ3) is 3.38.